The third-order valence-corrected chi connectivity index (χ3v) is 4.80. The minimum atomic E-state index is -1.02. The third-order valence-electron chi connectivity index (χ3n) is 4.50. The molecule has 0 aliphatic heterocycles. The Bertz CT molecular complexity index is 781. The minimum absolute atomic E-state index is 0.162. The van der Waals surface area contributed by atoms with Crippen molar-refractivity contribution in [3.63, 3.8) is 0 Å². The first kappa shape index (κ1) is 22.0. The fraction of sp³-hybridized carbons (Fsp3) is 0.381. The molecule has 4 N–H and O–H groups in total. The van der Waals surface area contributed by atoms with Crippen LogP contribution in [0.25, 0.3) is 0 Å². The summed E-state index contributed by atoms with van der Waals surface area (Å²) in [6.45, 7) is 4.25. The van der Waals surface area contributed by atoms with Gasteiger partial charge in [0.2, 0.25) is 0 Å². The molecule has 7 heteroatoms. The summed E-state index contributed by atoms with van der Waals surface area (Å²) in [5, 5.41) is 32.4. The van der Waals surface area contributed by atoms with Gasteiger partial charge in [0.25, 0.3) is 0 Å². The lowest BCUT2D eigenvalue weighted by atomic mass is 10.0. The van der Waals surface area contributed by atoms with Gasteiger partial charge in [-0.2, -0.15) is 0 Å². The molecular formula is C21H26ClNO5. The van der Waals surface area contributed by atoms with Gasteiger partial charge < -0.3 is 25.4 Å². The summed E-state index contributed by atoms with van der Waals surface area (Å²) in [5.74, 6) is -0.508. The van der Waals surface area contributed by atoms with E-state index in [1.54, 1.807) is 43.3 Å². The van der Waals surface area contributed by atoms with Gasteiger partial charge in [-0.3, -0.25) is 0 Å². The van der Waals surface area contributed by atoms with Crippen LogP contribution in [0.4, 0.5) is 0 Å². The molecule has 0 fully saturated rings. The van der Waals surface area contributed by atoms with Gasteiger partial charge in [0.15, 0.2) is 6.10 Å². The van der Waals surface area contributed by atoms with Crippen molar-refractivity contribution in [1.29, 1.82) is 0 Å². The maximum atomic E-state index is 11.1. The molecule has 0 spiro atoms. The number of phenols is 1. The first-order chi connectivity index (χ1) is 13.3. The molecule has 0 aromatic heterocycles. The Morgan fingerprint density at radius 3 is 2.46 bits per heavy atom. The molecule has 2 rings (SSSR count). The topological polar surface area (TPSA) is 99.0 Å². The first-order valence-corrected chi connectivity index (χ1v) is 9.57. The Kier molecular flexibility index (Phi) is 8.11. The monoisotopic (exact) mass is 407 g/mol. The molecule has 2 unspecified atom stereocenters. The van der Waals surface area contributed by atoms with Gasteiger partial charge in [0.05, 0.1) is 11.1 Å². The molecule has 0 heterocycles. The van der Waals surface area contributed by atoms with Gasteiger partial charge >= 0.3 is 5.97 Å². The van der Waals surface area contributed by atoms with Gasteiger partial charge in [-0.15, -0.1) is 0 Å². The summed E-state index contributed by atoms with van der Waals surface area (Å²) >= 11 is 6.22. The zero-order chi connectivity index (χ0) is 20.7. The number of aromatic hydroxyl groups is 1. The second-order valence-electron chi connectivity index (χ2n) is 6.65. The quantitative estimate of drug-likeness (QED) is 0.480. The number of ether oxygens (including phenoxy) is 1. The van der Waals surface area contributed by atoms with E-state index in [0.29, 0.717) is 30.2 Å². The largest absolute Gasteiger partial charge is 0.508 e. The van der Waals surface area contributed by atoms with E-state index in [4.69, 9.17) is 21.4 Å². The highest BCUT2D eigenvalue weighted by Crippen LogP contribution is 2.27. The van der Waals surface area contributed by atoms with Gasteiger partial charge in [-0.05, 0) is 61.7 Å². The first-order valence-electron chi connectivity index (χ1n) is 9.20. The van der Waals surface area contributed by atoms with Crippen molar-refractivity contribution in [1.82, 2.24) is 5.32 Å². The van der Waals surface area contributed by atoms with Crippen LogP contribution in [0.15, 0.2) is 42.5 Å². The molecule has 2 aromatic carbocycles. The van der Waals surface area contributed by atoms with Crippen molar-refractivity contribution < 1.29 is 24.9 Å². The van der Waals surface area contributed by atoms with E-state index in [1.165, 1.54) is 0 Å². The van der Waals surface area contributed by atoms with Crippen molar-refractivity contribution >= 4 is 17.6 Å². The van der Waals surface area contributed by atoms with Crippen LogP contribution < -0.4 is 10.1 Å². The van der Waals surface area contributed by atoms with Crippen LogP contribution >= 0.6 is 11.6 Å². The Morgan fingerprint density at radius 1 is 1.21 bits per heavy atom. The fourth-order valence-electron chi connectivity index (χ4n) is 2.77. The van der Waals surface area contributed by atoms with E-state index in [2.05, 4.69) is 5.32 Å². The Balaban J connectivity index is 1.87. The van der Waals surface area contributed by atoms with Gasteiger partial charge in [-0.25, -0.2) is 4.79 Å². The molecule has 0 aliphatic carbocycles. The molecule has 152 valence electrons. The average Bonchev–Trinajstić information content (AvgIpc) is 2.67. The van der Waals surface area contributed by atoms with Crippen LogP contribution in [-0.4, -0.2) is 40.0 Å². The number of carboxylic acids is 1. The zero-order valence-electron chi connectivity index (χ0n) is 15.9. The SMILES string of the molecule is CCC(Oc1ccc(CCN[C@@H](C)C(O)c2ccc(O)cc2)cc1Cl)C(=O)O. The number of aliphatic hydroxyl groups excluding tert-OH is 1. The van der Waals surface area contributed by atoms with Crippen LogP contribution in [0.1, 0.15) is 37.5 Å². The zero-order valence-corrected chi connectivity index (χ0v) is 16.7. The number of rotatable bonds is 10. The highest BCUT2D eigenvalue weighted by atomic mass is 35.5. The van der Waals surface area contributed by atoms with Crippen LogP contribution in [0.5, 0.6) is 11.5 Å². The molecule has 0 bridgehead atoms. The number of nitrogens with one attached hydrogen (secondary N) is 1. The number of hydrogen-bond donors (Lipinski definition) is 4. The minimum Gasteiger partial charge on any atom is -0.508 e. The molecule has 28 heavy (non-hydrogen) atoms. The third kappa shape index (κ3) is 6.12. The molecule has 0 saturated carbocycles. The van der Waals surface area contributed by atoms with Crippen molar-refractivity contribution in [2.75, 3.05) is 6.54 Å². The van der Waals surface area contributed by atoms with Crippen molar-refractivity contribution in [2.24, 2.45) is 0 Å². The maximum Gasteiger partial charge on any atom is 0.344 e. The highest BCUT2D eigenvalue weighted by molar-refractivity contribution is 6.32. The maximum absolute atomic E-state index is 11.1. The summed E-state index contributed by atoms with van der Waals surface area (Å²) < 4.78 is 5.44. The number of carboxylic acid groups (broad SMARTS) is 1. The van der Waals surface area contributed by atoms with E-state index in [0.717, 1.165) is 11.1 Å². The molecular weight excluding hydrogens is 382 g/mol. The van der Waals surface area contributed by atoms with Gasteiger partial charge in [-0.1, -0.05) is 36.7 Å². The number of aliphatic hydroxyl groups is 1. The fourth-order valence-corrected chi connectivity index (χ4v) is 3.02. The Hall–Kier alpha value is -2.28. The Labute approximate surface area is 169 Å². The molecule has 2 aromatic rings. The van der Waals surface area contributed by atoms with E-state index in [1.807, 2.05) is 13.0 Å². The predicted molar refractivity (Wildman–Crippen MR) is 108 cm³/mol. The van der Waals surface area contributed by atoms with Crippen LogP contribution in [0.2, 0.25) is 5.02 Å². The summed E-state index contributed by atoms with van der Waals surface area (Å²) in [7, 11) is 0. The summed E-state index contributed by atoms with van der Waals surface area (Å²) in [6.07, 6.45) is -0.587. The lowest BCUT2D eigenvalue weighted by molar-refractivity contribution is -0.145. The smallest absolute Gasteiger partial charge is 0.344 e. The van der Waals surface area contributed by atoms with E-state index < -0.39 is 18.2 Å². The Morgan fingerprint density at radius 2 is 1.89 bits per heavy atom. The van der Waals surface area contributed by atoms with E-state index >= 15 is 0 Å². The number of benzene rings is 2. The van der Waals surface area contributed by atoms with Crippen molar-refractivity contribution in [3.05, 3.63) is 58.6 Å². The predicted octanol–water partition coefficient (Wildman–Crippen LogP) is 3.54. The molecule has 0 aliphatic rings. The molecule has 3 atom stereocenters. The van der Waals surface area contributed by atoms with Crippen LogP contribution in [0.3, 0.4) is 0 Å². The highest BCUT2D eigenvalue weighted by Gasteiger charge is 2.18. The molecule has 0 radical (unpaired) electrons. The average molecular weight is 408 g/mol. The molecule has 0 amide bonds. The van der Waals surface area contributed by atoms with Crippen LogP contribution in [0, 0.1) is 0 Å². The molecule has 0 saturated heterocycles. The second kappa shape index (κ2) is 10.3. The van der Waals surface area contributed by atoms with E-state index in [-0.39, 0.29) is 11.8 Å². The van der Waals surface area contributed by atoms with Crippen molar-refractivity contribution in [3.8, 4) is 11.5 Å². The van der Waals surface area contributed by atoms with Crippen LogP contribution in [-0.2, 0) is 11.2 Å². The normalized spacial score (nSPS) is 14.3. The summed E-state index contributed by atoms with van der Waals surface area (Å²) in [6, 6.07) is 11.6. The lowest BCUT2D eigenvalue weighted by Crippen LogP contribution is -2.33. The van der Waals surface area contributed by atoms with Gasteiger partial charge in [0.1, 0.15) is 11.5 Å². The number of hydrogen-bond acceptors (Lipinski definition) is 5. The van der Waals surface area contributed by atoms with Gasteiger partial charge in [0, 0.05) is 6.04 Å². The standard InChI is InChI=1S/C21H26ClNO5/c1-3-18(21(26)27)28-19-9-4-14(12-17(19)22)10-11-23-13(2)20(25)15-5-7-16(24)8-6-15/h4-9,12-13,18,20,23-25H,3,10-11H2,1-2H3,(H,26,27)/t13-,18?,20?/m0/s1. The lowest BCUT2D eigenvalue weighted by Gasteiger charge is -2.21. The van der Waals surface area contributed by atoms with E-state index in [9.17, 15) is 15.0 Å². The summed E-state index contributed by atoms with van der Waals surface area (Å²) in [5.41, 5.74) is 1.70. The molecule has 6 nitrogen and oxygen atoms in total. The van der Waals surface area contributed by atoms with Crippen molar-refractivity contribution in [2.45, 2.75) is 44.9 Å². The number of aliphatic carboxylic acids is 1. The summed E-state index contributed by atoms with van der Waals surface area (Å²) in [4.78, 5) is 11.1. The number of carbonyl (C=O) groups is 1. The second-order valence-corrected chi connectivity index (χ2v) is 7.05. The number of phenolic OH excluding ortho intramolecular Hbond substituents is 1. The number of halogens is 1.